The number of rotatable bonds is 3. The molecule has 0 bridgehead atoms. The van der Waals surface area contributed by atoms with Crippen molar-refractivity contribution in [2.45, 2.75) is 5.88 Å². The second kappa shape index (κ2) is 5.42. The first kappa shape index (κ1) is 12.3. The lowest BCUT2D eigenvalue weighted by Crippen LogP contribution is -1.93. The first-order valence-corrected chi connectivity index (χ1v) is 6.02. The molecule has 2 rings (SSSR count). The molecule has 0 unspecified atom stereocenters. The molecule has 17 heavy (non-hydrogen) atoms. The maximum absolute atomic E-state index is 13.1. The number of benzene rings is 1. The van der Waals surface area contributed by atoms with E-state index in [4.69, 9.17) is 16.3 Å². The molecule has 0 aliphatic rings. The Morgan fingerprint density at radius 1 is 1.24 bits per heavy atom. The van der Waals surface area contributed by atoms with E-state index in [1.165, 1.54) is 12.1 Å². The summed E-state index contributed by atoms with van der Waals surface area (Å²) in [7, 11) is 0. The lowest BCUT2D eigenvalue weighted by molar-refractivity contribution is 0.449. The van der Waals surface area contributed by atoms with E-state index in [-0.39, 0.29) is 11.7 Å². The zero-order valence-electron chi connectivity index (χ0n) is 8.53. The van der Waals surface area contributed by atoms with Crippen LogP contribution >= 0.6 is 27.5 Å². The molecule has 0 N–H and O–H groups in total. The quantitative estimate of drug-likeness (QED) is 0.805. The third-order valence-electron chi connectivity index (χ3n) is 1.89. The summed E-state index contributed by atoms with van der Waals surface area (Å²) in [4.78, 5) is 0. The molecule has 0 spiro atoms. The highest BCUT2D eigenvalue weighted by Crippen LogP contribution is 2.24. The Bertz CT molecular complexity index is 501. The molecule has 2 aromatic rings. The van der Waals surface area contributed by atoms with Crippen LogP contribution in [0, 0.1) is 5.82 Å². The molecule has 1 aromatic heterocycles. The van der Waals surface area contributed by atoms with Crippen LogP contribution in [0.2, 0.25) is 0 Å². The topological polar surface area (TPSA) is 35.0 Å². The van der Waals surface area contributed by atoms with E-state index in [2.05, 4.69) is 26.1 Å². The van der Waals surface area contributed by atoms with Crippen molar-refractivity contribution >= 4 is 27.5 Å². The van der Waals surface area contributed by atoms with Crippen molar-refractivity contribution in [3.8, 4) is 11.6 Å². The van der Waals surface area contributed by atoms with Crippen LogP contribution in [-0.4, -0.2) is 10.2 Å². The van der Waals surface area contributed by atoms with Gasteiger partial charge in [0.1, 0.15) is 11.6 Å². The fraction of sp³-hybridized carbons (Fsp3) is 0.0909. The highest BCUT2D eigenvalue weighted by atomic mass is 79.9. The van der Waals surface area contributed by atoms with Gasteiger partial charge in [0, 0.05) is 16.6 Å². The standard InChI is InChI=1S/C11H7BrClFN2O/c12-7-3-8(14)5-10(4-7)17-11-2-1-9(6-13)15-16-11/h1-5H,6H2. The molecule has 0 saturated heterocycles. The summed E-state index contributed by atoms with van der Waals surface area (Å²) in [6.45, 7) is 0. The second-order valence-electron chi connectivity index (χ2n) is 3.20. The SMILES string of the molecule is Fc1cc(Br)cc(Oc2ccc(CCl)nn2)c1. The maximum atomic E-state index is 13.1. The summed E-state index contributed by atoms with van der Waals surface area (Å²) in [6, 6.07) is 7.57. The lowest BCUT2D eigenvalue weighted by Gasteiger charge is -2.04. The van der Waals surface area contributed by atoms with E-state index in [1.807, 2.05) is 0 Å². The second-order valence-corrected chi connectivity index (χ2v) is 4.39. The third kappa shape index (κ3) is 3.38. The van der Waals surface area contributed by atoms with Crippen LogP contribution in [0.5, 0.6) is 11.6 Å². The molecule has 0 fully saturated rings. The van der Waals surface area contributed by atoms with Gasteiger partial charge in [-0.05, 0) is 18.2 Å². The highest BCUT2D eigenvalue weighted by Gasteiger charge is 2.03. The van der Waals surface area contributed by atoms with E-state index < -0.39 is 0 Å². The van der Waals surface area contributed by atoms with Gasteiger partial charge in [-0.2, -0.15) is 5.10 Å². The van der Waals surface area contributed by atoms with E-state index in [1.54, 1.807) is 18.2 Å². The number of nitrogens with zero attached hydrogens (tertiary/aromatic N) is 2. The number of hydrogen-bond donors (Lipinski definition) is 0. The van der Waals surface area contributed by atoms with Crippen LogP contribution in [0.3, 0.4) is 0 Å². The number of hydrogen-bond acceptors (Lipinski definition) is 3. The van der Waals surface area contributed by atoms with Crippen molar-refractivity contribution in [3.05, 3.63) is 46.3 Å². The molecule has 0 radical (unpaired) electrons. The van der Waals surface area contributed by atoms with Gasteiger partial charge in [0.2, 0.25) is 5.88 Å². The minimum atomic E-state index is -0.389. The maximum Gasteiger partial charge on any atom is 0.238 e. The normalized spacial score (nSPS) is 10.3. The summed E-state index contributed by atoms with van der Waals surface area (Å²) in [5.74, 6) is 0.541. The predicted molar refractivity (Wildman–Crippen MR) is 65.8 cm³/mol. The van der Waals surface area contributed by atoms with Gasteiger partial charge < -0.3 is 4.74 Å². The fourth-order valence-corrected chi connectivity index (χ4v) is 1.77. The lowest BCUT2D eigenvalue weighted by atomic mass is 10.3. The molecule has 0 aliphatic carbocycles. The predicted octanol–water partition coefficient (Wildman–Crippen LogP) is 3.91. The summed E-state index contributed by atoms with van der Waals surface area (Å²) < 4.78 is 19.0. The molecule has 0 amide bonds. The van der Waals surface area contributed by atoms with Crippen molar-refractivity contribution in [1.29, 1.82) is 0 Å². The third-order valence-corrected chi connectivity index (χ3v) is 2.62. The van der Waals surface area contributed by atoms with Crippen molar-refractivity contribution in [2.24, 2.45) is 0 Å². The van der Waals surface area contributed by atoms with Gasteiger partial charge in [-0.25, -0.2) is 4.39 Å². The van der Waals surface area contributed by atoms with Crippen LogP contribution in [0.4, 0.5) is 4.39 Å². The molecule has 3 nitrogen and oxygen atoms in total. The molecule has 0 aliphatic heterocycles. The molecule has 6 heteroatoms. The Morgan fingerprint density at radius 2 is 2.06 bits per heavy atom. The zero-order valence-corrected chi connectivity index (χ0v) is 10.9. The van der Waals surface area contributed by atoms with Gasteiger partial charge in [0.25, 0.3) is 0 Å². The van der Waals surface area contributed by atoms with E-state index in [9.17, 15) is 4.39 Å². The van der Waals surface area contributed by atoms with Gasteiger partial charge in [0.05, 0.1) is 11.6 Å². The van der Waals surface area contributed by atoms with Crippen LogP contribution in [0.1, 0.15) is 5.69 Å². The van der Waals surface area contributed by atoms with Crippen LogP contribution in [0.15, 0.2) is 34.8 Å². The van der Waals surface area contributed by atoms with Crippen molar-refractivity contribution < 1.29 is 9.13 Å². The van der Waals surface area contributed by atoms with Crippen molar-refractivity contribution in [1.82, 2.24) is 10.2 Å². The number of alkyl halides is 1. The van der Waals surface area contributed by atoms with Crippen molar-refractivity contribution in [3.63, 3.8) is 0 Å². The number of ether oxygens (including phenoxy) is 1. The smallest absolute Gasteiger partial charge is 0.238 e. The Kier molecular flexibility index (Phi) is 3.91. The zero-order chi connectivity index (χ0) is 12.3. The molecule has 0 atom stereocenters. The largest absolute Gasteiger partial charge is 0.437 e. The molecule has 0 saturated carbocycles. The van der Waals surface area contributed by atoms with Gasteiger partial charge in [-0.1, -0.05) is 15.9 Å². The summed E-state index contributed by atoms with van der Waals surface area (Å²) in [5, 5.41) is 7.64. The van der Waals surface area contributed by atoms with Gasteiger partial charge in [0.15, 0.2) is 0 Å². The van der Waals surface area contributed by atoms with Crippen LogP contribution in [-0.2, 0) is 5.88 Å². The molecular weight excluding hydrogens is 310 g/mol. The van der Waals surface area contributed by atoms with Gasteiger partial charge >= 0.3 is 0 Å². The molecule has 1 aromatic carbocycles. The average Bonchev–Trinajstić information content (AvgIpc) is 2.28. The first-order chi connectivity index (χ1) is 8.17. The number of aromatic nitrogens is 2. The van der Waals surface area contributed by atoms with Gasteiger partial charge in [-0.15, -0.1) is 16.7 Å². The molecule has 1 heterocycles. The number of halogens is 3. The van der Waals surface area contributed by atoms with Gasteiger partial charge in [-0.3, -0.25) is 0 Å². The average molecular weight is 318 g/mol. The summed E-state index contributed by atoms with van der Waals surface area (Å²) in [5.41, 5.74) is 0.652. The monoisotopic (exact) mass is 316 g/mol. The fourth-order valence-electron chi connectivity index (χ4n) is 1.18. The molecule has 88 valence electrons. The Labute approximate surface area is 111 Å². The molecular formula is C11H7BrClFN2O. The summed E-state index contributed by atoms with van der Waals surface area (Å²) >= 11 is 8.76. The van der Waals surface area contributed by atoms with Crippen molar-refractivity contribution in [2.75, 3.05) is 0 Å². The van der Waals surface area contributed by atoms with E-state index in [0.29, 0.717) is 21.8 Å². The summed E-state index contributed by atoms with van der Waals surface area (Å²) in [6.07, 6.45) is 0. The minimum Gasteiger partial charge on any atom is -0.437 e. The van der Waals surface area contributed by atoms with Crippen LogP contribution < -0.4 is 4.74 Å². The minimum absolute atomic E-state index is 0.288. The Balaban J connectivity index is 2.19. The van der Waals surface area contributed by atoms with E-state index in [0.717, 1.165) is 0 Å². The van der Waals surface area contributed by atoms with Crippen LogP contribution in [0.25, 0.3) is 0 Å². The first-order valence-electron chi connectivity index (χ1n) is 4.70. The Hall–Kier alpha value is -1.20. The Morgan fingerprint density at radius 3 is 2.65 bits per heavy atom. The van der Waals surface area contributed by atoms with E-state index >= 15 is 0 Å². The highest BCUT2D eigenvalue weighted by molar-refractivity contribution is 9.10.